The SMILES string of the molecule is CC(C)Cc1cc(OC(F)(F)F)ccc1N. The van der Waals surface area contributed by atoms with Crippen molar-refractivity contribution in [3.63, 3.8) is 0 Å². The first-order valence-electron chi connectivity index (χ1n) is 4.92. The summed E-state index contributed by atoms with van der Waals surface area (Å²) in [4.78, 5) is 0. The van der Waals surface area contributed by atoms with Gasteiger partial charge in [0.15, 0.2) is 0 Å². The molecule has 0 saturated heterocycles. The van der Waals surface area contributed by atoms with E-state index in [4.69, 9.17) is 5.73 Å². The zero-order valence-electron chi connectivity index (χ0n) is 9.14. The van der Waals surface area contributed by atoms with Crippen LogP contribution in [-0.4, -0.2) is 6.36 Å². The van der Waals surface area contributed by atoms with E-state index in [1.807, 2.05) is 13.8 Å². The van der Waals surface area contributed by atoms with Gasteiger partial charge in [0.05, 0.1) is 0 Å². The summed E-state index contributed by atoms with van der Waals surface area (Å²) in [5.74, 6) is 0.0980. The van der Waals surface area contributed by atoms with Gasteiger partial charge in [0.25, 0.3) is 0 Å². The molecule has 2 N–H and O–H groups in total. The molecule has 2 nitrogen and oxygen atoms in total. The maximum atomic E-state index is 12.0. The number of anilines is 1. The highest BCUT2D eigenvalue weighted by atomic mass is 19.4. The third-order valence-corrected chi connectivity index (χ3v) is 1.98. The van der Waals surface area contributed by atoms with Gasteiger partial charge in [-0.3, -0.25) is 0 Å². The standard InChI is InChI=1S/C11H14F3NO/c1-7(2)5-8-6-9(3-4-10(8)15)16-11(12,13)14/h3-4,6-7H,5,15H2,1-2H3. The molecule has 0 saturated carbocycles. The largest absolute Gasteiger partial charge is 0.573 e. The van der Waals surface area contributed by atoms with E-state index in [0.29, 0.717) is 23.6 Å². The smallest absolute Gasteiger partial charge is 0.406 e. The molecule has 0 atom stereocenters. The molecule has 1 aromatic carbocycles. The molecule has 5 heteroatoms. The lowest BCUT2D eigenvalue weighted by Crippen LogP contribution is -2.17. The molecular formula is C11H14F3NO. The van der Waals surface area contributed by atoms with Gasteiger partial charge < -0.3 is 10.5 Å². The first-order chi connectivity index (χ1) is 7.28. The van der Waals surface area contributed by atoms with E-state index in [2.05, 4.69) is 4.74 Å². The number of hydrogen-bond donors (Lipinski definition) is 1. The zero-order valence-corrected chi connectivity index (χ0v) is 9.14. The highest BCUT2D eigenvalue weighted by Gasteiger charge is 2.31. The first-order valence-corrected chi connectivity index (χ1v) is 4.92. The van der Waals surface area contributed by atoms with Crippen molar-refractivity contribution in [3.8, 4) is 5.75 Å². The molecule has 0 aliphatic rings. The Kier molecular flexibility index (Phi) is 3.67. The van der Waals surface area contributed by atoms with E-state index in [1.165, 1.54) is 18.2 Å². The van der Waals surface area contributed by atoms with E-state index in [0.717, 1.165) is 0 Å². The van der Waals surface area contributed by atoms with Crippen LogP contribution in [0.2, 0.25) is 0 Å². The van der Waals surface area contributed by atoms with Gasteiger partial charge in [0.2, 0.25) is 0 Å². The Balaban J connectivity index is 2.89. The predicted octanol–water partition coefficient (Wildman–Crippen LogP) is 3.37. The van der Waals surface area contributed by atoms with Crippen LogP contribution in [0.25, 0.3) is 0 Å². The number of ether oxygens (including phenoxy) is 1. The van der Waals surface area contributed by atoms with Gasteiger partial charge >= 0.3 is 6.36 Å². The number of nitrogens with two attached hydrogens (primary N) is 1. The van der Waals surface area contributed by atoms with E-state index in [-0.39, 0.29) is 5.75 Å². The molecule has 0 aliphatic carbocycles. The molecular weight excluding hydrogens is 219 g/mol. The second kappa shape index (κ2) is 4.63. The minimum absolute atomic E-state index is 0.225. The average molecular weight is 233 g/mol. The molecule has 0 aliphatic heterocycles. The van der Waals surface area contributed by atoms with Crippen LogP contribution < -0.4 is 10.5 Å². The molecule has 90 valence electrons. The van der Waals surface area contributed by atoms with Gasteiger partial charge in [0.1, 0.15) is 5.75 Å². The van der Waals surface area contributed by atoms with Crippen LogP contribution in [0.5, 0.6) is 5.75 Å². The van der Waals surface area contributed by atoms with Crippen LogP contribution in [0.15, 0.2) is 18.2 Å². The molecule has 16 heavy (non-hydrogen) atoms. The lowest BCUT2D eigenvalue weighted by atomic mass is 10.0. The summed E-state index contributed by atoms with van der Waals surface area (Å²) in [5, 5.41) is 0. The molecule has 0 amide bonds. The second-order valence-corrected chi connectivity index (χ2v) is 4.01. The number of halogens is 3. The lowest BCUT2D eigenvalue weighted by Gasteiger charge is -2.13. The van der Waals surface area contributed by atoms with Crippen LogP contribution >= 0.6 is 0 Å². The summed E-state index contributed by atoms with van der Waals surface area (Å²) in [5.41, 5.74) is 6.83. The van der Waals surface area contributed by atoms with Crippen LogP contribution in [0.4, 0.5) is 18.9 Å². The third-order valence-electron chi connectivity index (χ3n) is 1.98. The Labute approximate surface area is 92.2 Å². The summed E-state index contributed by atoms with van der Waals surface area (Å²) < 4.78 is 39.8. The van der Waals surface area contributed by atoms with Crippen molar-refractivity contribution in [1.82, 2.24) is 0 Å². The quantitative estimate of drug-likeness (QED) is 0.812. The summed E-state index contributed by atoms with van der Waals surface area (Å²) in [6, 6.07) is 3.98. The van der Waals surface area contributed by atoms with Gasteiger partial charge in [-0.25, -0.2) is 0 Å². The van der Waals surface area contributed by atoms with Gasteiger partial charge in [0, 0.05) is 5.69 Å². The van der Waals surface area contributed by atoms with E-state index >= 15 is 0 Å². The minimum Gasteiger partial charge on any atom is -0.406 e. The van der Waals surface area contributed by atoms with Gasteiger partial charge in [-0.1, -0.05) is 13.8 Å². The fourth-order valence-corrected chi connectivity index (χ4v) is 1.40. The molecule has 1 aromatic rings. The molecule has 1 rings (SSSR count). The Hall–Kier alpha value is -1.39. The van der Waals surface area contributed by atoms with E-state index in [1.54, 1.807) is 0 Å². The van der Waals surface area contributed by atoms with Crippen molar-refractivity contribution in [2.45, 2.75) is 26.6 Å². The van der Waals surface area contributed by atoms with Crippen molar-refractivity contribution in [3.05, 3.63) is 23.8 Å². The molecule has 0 heterocycles. The average Bonchev–Trinajstić information content (AvgIpc) is 2.07. The Morgan fingerprint density at radius 2 is 1.94 bits per heavy atom. The molecule has 0 bridgehead atoms. The Morgan fingerprint density at radius 3 is 2.44 bits per heavy atom. The number of alkyl halides is 3. The van der Waals surface area contributed by atoms with E-state index < -0.39 is 6.36 Å². The number of benzene rings is 1. The van der Waals surface area contributed by atoms with Crippen molar-refractivity contribution in [1.29, 1.82) is 0 Å². The summed E-state index contributed by atoms with van der Waals surface area (Å²) in [6.07, 6.45) is -4.04. The van der Waals surface area contributed by atoms with Crippen LogP contribution in [-0.2, 0) is 6.42 Å². The highest BCUT2D eigenvalue weighted by Crippen LogP contribution is 2.27. The maximum Gasteiger partial charge on any atom is 0.573 e. The second-order valence-electron chi connectivity index (χ2n) is 4.01. The third kappa shape index (κ3) is 4.00. The topological polar surface area (TPSA) is 35.2 Å². The van der Waals surface area contributed by atoms with Crippen LogP contribution in [0, 0.1) is 5.92 Å². The van der Waals surface area contributed by atoms with Gasteiger partial charge in [-0.2, -0.15) is 0 Å². The molecule has 0 fully saturated rings. The summed E-state index contributed by atoms with van der Waals surface area (Å²) in [7, 11) is 0. The number of rotatable bonds is 3. The fourth-order valence-electron chi connectivity index (χ4n) is 1.40. The number of nitrogen functional groups attached to an aromatic ring is 1. The maximum absolute atomic E-state index is 12.0. The van der Waals surface area contributed by atoms with Crippen molar-refractivity contribution in [2.24, 2.45) is 5.92 Å². The molecule has 0 radical (unpaired) electrons. The molecule has 0 unspecified atom stereocenters. The Morgan fingerprint density at radius 1 is 1.31 bits per heavy atom. The molecule has 0 spiro atoms. The zero-order chi connectivity index (χ0) is 12.3. The number of hydrogen-bond acceptors (Lipinski definition) is 2. The van der Waals surface area contributed by atoms with Crippen molar-refractivity contribution >= 4 is 5.69 Å². The van der Waals surface area contributed by atoms with Crippen molar-refractivity contribution in [2.75, 3.05) is 5.73 Å². The normalized spacial score (nSPS) is 11.9. The summed E-state index contributed by atoms with van der Waals surface area (Å²) >= 11 is 0. The first kappa shape index (κ1) is 12.7. The van der Waals surface area contributed by atoms with Crippen LogP contribution in [0.3, 0.4) is 0 Å². The van der Waals surface area contributed by atoms with Crippen molar-refractivity contribution < 1.29 is 17.9 Å². The molecule has 0 aromatic heterocycles. The predicted molar refractivity (Wildman–Crippen MR) is 56.1 cm³/mol. The minimum atomic E-state index is -4.66. The lowest BCUT2D eigenvalue weighted by molar-refractivity contribution is -0.274. The van der Waals surface area contributed by atoms with Gasteiger partial charge in [-0.05, 0) is 36.1 Å². The van der Waals surface area contributed by atoms with Crippen LogP contribution in [0.1, 0.15) is 19.4 Å². The Bertz CT molecular complexity index is 361. The van der Waals surface area contributed by atoms with Gasteiger partial charge in [-0.15, -0.1) is 13.2 Å². The monoisotopic (exact) mass is 233 g/mol. The highest BCUT2D eigenvalue weighted by molar-refractivity contribution is 5.50. The summed E-state index contributed by atoms with van der Waals surface area (Å²) in [6.45, 7) is 3.94. The fraction of sp³-hybridized carbons (Fsp3) is 0.455. The van der Waals surface area contributed by atoms with E-state index in [9.17, 15) is 13.2 Å².